The van der Waals surface area contributed by atoms with E-state index in [1.165, 1.54) is 17.0 Å². The smallest absolute Gasteiger partial charge is 0.417 e. The lowest BCUT2D eigenvalue weighted by atomic mass is 9.90. The predicted octanol–water partition coefficient (Wildman–Crippen LogP) is 6.51. The molecule has 1 saturated heterocycles. The maximum Gasteiger partial charge on any atom is 0.417 e. The number of carbonyl (C=O) groups excluding carboxylic acids is 2. The summed E-state index contributed by atoms with van der Waals surface area (Å²) in [5, 5.41) is 0.731. The molecule has 2 heterocycles. The Morgan fingerprint density at radius 1 is 1.08 bits per heavy atom. The van der Waals surface area contributed by atoms with Crippen molar-refractivity contribution in [1.29, 1.82) is 0 Å². The van der Waals surface area contributed by atoms with Crippen LogP contribution in [0.5, 0.6) is 0 Å². The second-order valence-corrected chi connectivity index (χ2v) is 9.11. The van der Waals surface area contributed by atoms with Gasteiger partial charge < -0.3 is 4.74 Å². The number of rotatable bonds is 7. The number of benzene rings is 3. The van der Waals surface area contributed by atoms with Gasteiger partial charge in [0.05, 0.1) is 17.5 Å². The summed E-state index contributed by atoms with van der Waals surface area (Å²) in [6.07, 6.45) is 3.09. The van der Waals surface area contributed by atoms with Crippen LogP contribution in [-0.2, 0) is 16.0 Å². The predicted molar refractivity (Wildman–Crippen MR) is 137 cm³/mol. The van der Waals surface area contributed by atoms with Gasteiger partial charge in [0, 0.05) is 11.6 Å². The van der Waals surface area contributed by atoms with E-state index in [0.717, 1.165) is 34.1 Å². The van der Waals surface area contributed by atoms with Gasteiger partial charge in [0.1, 0.15) is 12.4 Å². The Kier molecular flexibility index (Phi) is 6.76. The topological polar surface area (TPSA) is 59.5 Å². The summed E-state index contributed by atoms with van der Waals surface area (Å²) < 4.78 is 19.2. The first kappa shape index (κ1) is 23.7. The third-order valence-electron chi connectivity index (χ3n) is 6.72. The molecule has 182 valence electrons. The molecule has 2 atom stereocenters. The second kappa shape index (κ2) is 10.3. The van der Waals surface area contributed by atoms with Crippen molar-refractivity contribution < 1.29 is 18.7 Å². The van der Waals surface area contributed by atoms with Crippen molar-refractivity contribution in [3.63, 3.8) is 0 Å². The van der Waals surface area contributed by atoms with Gasteiger partial charge in [-0.15, -0.1) is 0 Å². The Bertz CT molecular complexity index is 1390. The number of aromatic nitrogens is 1. The van der Waals surface area contributed by atoms with Crippen LogP contribution in [-0.4, -0.2) is 34.5 Å². The first-order valence-corrected chi connectivity index (χ1v) is 12.2. The quantitative estimate of drug-likeness (QED) is 0.301. The molecule has 0 radical (unpaired) electrons. The van der Waals surface area contributed by atoms with E-state index in [4.69, 9.17) is 4.74 Å². The van der Waals surface area contributed by atoms with Gasteiger partial charge in [0.15, 0.2) is 0 Å². The summed E-state index contributed by atoms with van der Waals surface area (Å²) in [6.45, 7) is 2.22. The van der Waals surface area contributed by atoms with Crippen LogP contribution in [0.3, 0.4) is 0 Å². The third-order valence-corrected chi connectivity index (χ3v) is 6.72. The molecule has 0 N–H and O–H groups in total. The molecule has 1 aliphatic heterocycles. The molecule has 1 aromatic heterocycles. The minimum atomic E-state index is -0.580. The minimum Gasteiger partial charge on any atom is -0.447 e. The average molecular weight is 483 g/mol. The minimum absolute atomic E-state index is 0.197. The molecular formula is C30H27FN2O3. The SMILES string of the molecule is CCC[C@@H](C(=O)N1C(=O)OC[C@H]1Cc1ccccc1)c1ccc(-c2ccnc3ccc(F)cc23)cc1. The number of pyridine rings is 1. The number of carbonyl (C=O) groups is 2. The average Bonchev–Trinajstić information content (AvgIpc) is 3.27. The lowest BCUT2D eigenvalue weighted by Crippen LogP contribution is -2.42. The molecule has 36 heavy (non-hydrogen) atoms. The van der Waals surface area contributed by atoms with Crippen molar-refractivity contribution >= 4 is 22.9 Å². The van der Waals surface area contributed by atoms with Crippen LogP contribution in [0, 0.1) is 5.82 Å². The monoisotopic (exact) mass is 482 g/mol. The highest BCUT2D eigenvalue weighted by Crippen LogP contribution is 2.32. The fraction of sp³-hybridized carbons (Fsp3) is 0.233. The molecular weight excluding hydrogens is 455 g/mol. The summed E-state index contributed by atoms with van der Waals surface area (Å²) in [7, 11) is 0. The van der Waals surface area contributed by atoms with E-state index in [1.54, 1.807) is 12.3 Å². The van der Waals surface area contributed by atoms with Crippen LogP contribution in [0.25, 0.3) is 22.0 Å². The molecule has 6 heteroatoms. The van der Waals surface area contributed by atoms with Gasteiger partial charge in [-0.1, -0.05) is 67.9 Å². The number of cyclic esters (lactones) is 1. The van der Waals surface area contributed by atoms with Gasteiger partial charge in [-0.2, -0.15) is 0 Å². The number of ether oxygens (including phenoxy) is 1. The fourth-order valence-corrected chi connectivity index (χ4v) is 4.92. The zero-order valence-corrected chi connectivity index (χ0v) is 20.1. The second-order valence-electron chi connectivity index (χ2n) is 9.11. The molecule has 0 unspecified atom stereocenters. The van der Waals surface area contributed by atoms with Crippen molar-refractivity contribution in [3.8, 4) is 11.1 Å². The molecule has 5 rings (SSSR count). The van der Waals surface area contributed by atoms with Gasteiger partial charge in [-0.25, -0.2) is 14.1 Å². The number of hydrogen-bond acceptors (Lipinski definition) is 4. The Labute approximate surface area is 209 Å². The highest BCUT2D eigenvalue weighted by Gasteiger charge is 2.40. The van der Waals surface area contributed by atoms with E-state index in [2.05, 4.69) is 4.98 Å². The summed E-state index contributed by atoms with van der Waals surface area (Å²) in [4.78, 5) is 31.9. The summed E-state index contributed by atoms with van der Waals surface area (Å²) in [5.41, 5.74) is 4.38. The van der Waals surface area contributed by atoms with Crippen LogP contribution in [0.4, 0.5) is 9.18 Å². The largest absolute Gasteiger partial charge is 0.447 e. The van der Waals surface area contributed by atoms with E-state index in [9.17, 15) is 14.0 Å². The van der Waals surface area contributed by atoms with Crippen molar-refractivity contribution in [2.24, 2.45) is 0 Å². The number of nitrogens with zero attached hydrogens (tertiary/aromatic N) is 2. The molecule has 1 aliphatic rings. The highest BCUT2D eigenvalue weighted by atomic mass is 19.1. The Balaban J connectivity index is 1.42. The lowest BCUT2D eigenvalue weighted by Gasteiger charge is -2.25. The van der Waals surface area contributed by atoms with Crippen molar-refractivity contribution in [2.45, 2.75) is 38.1 Å². The summed E-state index contributed by atoms with van der Waals surface area (Å²) >= 11 is 0. The van der Waals surface area contributed by atoms with E-state index in [-0.39, 0.29) is 24.4 Å². The summed E-state index contributed by atoms with van der Waals surface area (Å²) in [5.74, 6) is -1.01. The number of amides is 2. The van der Waals surface area contributed by atoms with Crippen LogP contribution in [0.2, 0.25) is 0 Å². The maximum absolute atomic E-state index is 13.9. The third kappa shape index (κ3) is 4.71. The molecule has 0 bridgehead atoms. The normalized spacial score (nSPS) is 16.2. The van der Waals surface area contributed by atoms with Crippen molar-refractivity contribution in [3.05, 3.63) is 102 Å². The molecule has 5 nitrogen and oxygen atoms in total. The highest BCUT2D eigenvalue weighted by molar-refractivity contribution is 5.98. The standard InChI is InChI=1S/C30H27FN2O3/c1-2-6-26(29(34)33-24(19-36-30(33)35)17-20-7-4-3-5-8-20)22-11-9-21(10-12-22)25-15-16-32-28-14-13-23(31)18-27(25)28/h3-5,7-16,18,24,26H,2,6,17,19H2,1H3/t24-,26-/m1/s1. The van der Waals surface area contributed by atoms with E-state index in [0.29, 0.717) is 18.4 Å². The molecule has 0 saturated carbocycles. The Morgan fingerprint density at radius 3 is 2.61 bits per heavy atom. The van der Waals surface area contributed by atoms with Gasteiger partial charge in [0.2, 0.25) is 5.91 Å². The number of halogens is 1. The maximum atomic E-state index is 13.9. The number of fused-ring (bicyclic) bond motifs is 1. The van der Waals surface area contributed by atoms with E-state index < -0.39 is 12.0 Å². The molecule has 0 aliphatic carbocycles. The van der Waals surface area contributed by atoms with E-state index in [1.807, 2.05) is 67.6 Å². The van der Waals surface area contributed by atoms with E-state index >= 15 is 0 Å². The molecule has 0 spiro atoms. The zero-order valence-electron chi connectivity index (χ0n) is 20.1. The van der Waals surface area contributed by atoms with Crippen LogP contribution < -0.4 is 0 Å². The van der Waals surface area contributed by atoms with Crippen LogP contribution in [0.1, 0.15) is 36.8 Å². The van der Waals surface area contributed by atoms with Crippen LogP contribution in [0.15, 0.2) is 85.1 Å². The molecule has 4 aromatic rings. The van der Waals surface area contributed by atoms with Gasteiger partial charge >= 0.3 is 6.09 Å². The Morgan fingerprint density at radius 2 is 1.86 bits per heavy atom. The fourth-order valence-electron chi connectivity index (χ4n) is 4.92. The molecule has 2 amide bonds. The summed E-state index contributed by atoms with van der Waals surface area (Å²) in [6, 6.07) is 23.6. The van der Waals surface area contributed by atoms with Gasteiger partial charge in [0.25, 0.3) is 0 Å². The number of imide groups is 1. The lowest BCUT2D eigenvalue weighted by molar-refractivity contribution is -0.131. The molecule has 3 aromatic carbocycles. The first-order chi connectivity index (χ1) is 17.5. The molecule has 1 fully saturated rings. The van der Waals surface area contributed by atoms with Crippen LogP contribution >= 0.6 is 0 Å². The van der Waals surface area contributed by atoms with Crippen molar-refractivity contribution in [2.75, 3.05) is 6.61 Å². The zero-order chi connectivity index (χ0) is 25.1. The number of hydrogen-bond donors (Lipinski definition) is 0. The van der Waals surface area contributed by atoms with Gasteiger partial charge in [-0.05, 0) is 59.4 Å². The Hall–Kier alpha value is -4.06. The first-order valence-electron chi connectivity index (χ1n) is 12.2. The van der Waals surface area contributed by atoms with Crippen molar-refractivity contribution in [1.82, 2.24) is 9.88 Å². The van der Waals surface area contributed by atoms with Gasteiger partial charge in [-0.3, -0.25) is 9.78 Å².